The van der Waals surface area contributed by atoms with Gasteiger partial charge in [-0.3, -0.25) is 4.79 Å². The van der Waals surface area contributed by atoms with Crippen molar-refractivity contribution < 1.29 is 9.53 Å². The highest BCUT2D eigenvalue weighted by Gasteiger charge is 2.04. The van der Waals surface area contributed by atoms with Gasteiger partial charge in [0.1, 0.15) is 5.75 Å². The molecule has 0 radical (unpaired) electrons. The second kappa shape index (κ2) is 6.96. The van der Waals surface area contributed by atoms with Crippen LogP contribution in [-0.2, 0) is 17.1 Å². The van der Waals surface area contributed by atoms with Gasteiger partial charge in [-0.15, -0.1) is 11.6 Å². The number of carbonyl (C=O) groups is 1. The fourth-order valence-electron chi connectivity index (χ4n) is 1.81. The molecular formula is C16H16ClNO2. The third kappa shape index (κ3) is 4.00. The first-order valence-electron chi connectivity index (χ1n) is 6.29. The lowest BCUT2D eigenvalue weighted by atomic mass is 10.1. The number of ether oxygens (including phenoxy) is 1. The Morgan fingerprint density at radius 3 is 2.20 bits per heavy atom. The molecule has 0 fully saturated rings. The number of anilines is 1. The number of carbonyl (C=O) groups excluding carboxylic acids is 1. The van der Waals surface area contributed by atoms with Gasteiger partial charge >= 0.3 is 0 Å². The minimum Gasteiger partial charge on any atom is -0.497 e. The van der Waals surface area contributed by atoms with Gasteiger partial charge in [-0.2, -0.15) is 0 Å². The van der Waals surface area contributed by atoms with Crippen LogP contribution in [0.15, 0.2) is 48.5 Å². The lowest BCUT2D eigenvalue weighted by molar-refractivity contribution is -0.115. The third-order valence-electron chi connectivity index (χ3n) is 2.92. The summed E-state index contributed by atoms with van der Waals surface area (Å²) in [6.45, 7) is 0. The minimum atomic E-state index is -0.0474. The number of amides is 1. The van der Waals surface area contributed by atoms with Crippen molar-refractivity contribution in [1.29, 1.82) is 0 Å². The lowest BCUT2D eigenvalue weighted by Gasteiger charge is -2.06. The van der Waals surface area contributed by atoms with E-state index in [4.69, 9.17) is 16.3 Å². The third-order valence-corrected chi connectivity index (χ3v) is 3.22. The zero-order valence-corrected chi connectivity index (χ0v) is 12.0. The van der Waals surface area contributed by atoms with Crippen LogP contribution in [0.2, 0.25) is 0 Å². The maximum absolute atomic E-state index is 11.9. The number of hydrogen-bond donors (Lipinski definition) is 1. The quantitative estimate of drug-likeness (QED) is 0.854. The first kappa shape index (κ1) is 14.4. The normalized spacial score (nSPS) is 10.1. The van der Waals surface area contributed by atoms with Crippen molar-refractivity contribution in [3.8, 4) is 5.75 Å². The van der Waals surface area contributed by atoms with Crippen LogP contribution in [0.3, 0.4) is 0 Å². The van der Waals surface area contributed by atoms with E-state index in [0.29, 0.717) is 12.3 Å². The van der Waals surface area contributed by atoms with Crippen LogP contribution in [0.25, 0.3) is 0 Å². The van der Waals surface area contributed by atoms with Gasteiger partial charge < -0.3 is 10.1 Å². The van der Waals surface area contributed by atoms with Gasteiger partial charge in [-0.25, -0.2) is 0 Å². The Morgan fingerprint density at radius 1 is 1.05 bits per heavy atom. The molecule has 0 aliphatic carbocycles. The maximum Gasteiger partial charge on any atom is 0.228 e. The van der Waals surface area contributed by atoms with Crippen molar-refractivity contribution in [2.45, 2.75) is 12.3 Å². The van der Waals surface area contributed by atoms with Gasteiger partial charge in [-0.1, -0.05) is 24.3 Å². The molecule has 3 nitrogen and oxygen atoms in total. The van der Waals surface area contributed by atoms with Crippen LogP contribution in [-0.4, -0.2) is 13.0 Å². The molecule has 2 aromatic carbocycles. The molecule has 0 spiro atoms. The monoisotopic (exact) mass is 289 g/mol. The predicted molar refractivity (Wildman–Crippen MR) is 81.3 cm³/mol. The first-order valence-corrected chi connectivity index (χ1v) is 6.82. The Hall–Kier alpha value is -2.00. The van der Waals surface area contributed by atoms with E-state index in [-0.39, 0.29) is 5.91 Å². The van der Waals surface area contributed by atoms with E-state index in [9.17, 15) is 4.79 Å². The summed E-state index contributed by atoms with van der Waals surface area (Å²) in [6.07, 6.45) is 0.335. The van der Waals surface area contributed by atoms with Gasteiger partial charge in [0, 0.05) is 11.6 Å². The highest BCUT2D eigenvalue weighted by atomic mass is 35.5. The largest absolute Gasteiger partial charge is 0.497 e. The first-order chi connectivity index (χ1) is 9.71. The molecular weight excluding hydrogens is 274 g/mol. The Labute approximate surface area is 123 Å². The summed E-state index contributed by atoms with van der Waals surface area (Å²) in [5.74, 6) is 1.21. The number of halogens is 1. The topological polar surface area (TPSA) is 38.3 Å². The zero-order valence-electron chi connectivity index (χ0n) is 11.2. The fraction of sp³-hybridized carbons (Fsp3) is 0.188. The van der Waals surface area contributed by atoms with Crippen LogP contribution >= 0.6 is 11.6 Å². The number of alkyl halides is 1. The Balaban J connectivity index is 1.93. The molecule has 4 heteroatoms. The van der Waals surface area contributed by atoms with Crippen LogP contribution in [0.4, 0.5) is 5.69 Å². The summed E-state index contributed by atoms with van der Waals surface area (Å²) < 4.78 is 5.08. The molecule has 2 aromatic rings. The van der Waals surface area contributed by atoms with Crippen molar-refractivity contribution in [3.63, 3.8) is 0 Å². The van der Waals surface area contributed by atoms with Gasteiger partial charge in [0.2, 0.25) is 5.91 Å². The molecule has 0 atom stereocenters. The summed E-state index contributed by atoms with van der Waals surface area (Å²) in [5, 5.41) is 2.86. The lowest BCUT2D eigenvalue weighted by Crippen LogP contribution is -2.14. The van der Waals surface area contributed by atoms with Crippen molar-refractivity contribution in [3.05, 3.63) is 59.7 Å². The van der Waals surface area contributed by atoms with E-state index in [0.717, 1.165) is 22.6 Å². The SMILES string of the molecule is COc1ccc(CC(=O)Nc2ccc(CCl)cc2)cc1. The maximum atomic E-state index is 11.9. The van der Waals surface area contributed by atoms with Crippen molar-refractivity contribution >= 4 is 23.2 Å². The molecule has 20 heavy (non-hydrogen) atoms. The zero-order chi connectivity index (χ0) is 14.4. The van der Waals surface area contributed by atoms with E-state index in [1.54, 1.807) is 7.11 Å². The number of hydrogen-bond acceptors (Lipinski definition) is 2. The van der Waals surface area contributed by atoms with Crippen molar-refractivity contribution in [2.75, 3.05) is 12.4 Å². The Kier molecular flexibility index (Phi) is 5.02. The summed E-state index contributed by atoms with van der Waals surface area (Å²) in [5.41, 5.74) is 2.75. The molecule has 0 heterocycles. The molecule has 0 saturated carbocycles. The Morgan fingerprint density at radius 2 is 1.65 bits per heavy atom. The fourth-order valence-corrected chi connectivity index (χ4v) is 1.99. The molecule has 0 aliphatic heterocycles. The average molecular weight is 290 g/mol. The van der Waals surface area contributed by atoms with Crippen LogP contribution in [0, 0.1) is 0 Å². The molecule has 0 unspecified atom stereocenters. The second-order valence-electron chi connectivity index (χ2n) is 4.40. The smallest absolute Gasteiger partial charge is 0.228 e. The van der Waals surface area contributed by atoms with E-state index in [2.05, 4.69) is 5.32 Å². The van der Waals surface area contributed by atoms with Gasteiger partial charge in [0.25, 0.3) is 0 Å². The van der Waals surface area contributed by atoms with Crippen LogP contribution in [0.1, 0.15) is 11.1 Å². The number of benzene rings is 2. The molecule has 1 N–H and O–H groups in total. The van der Waals surface area contributed by atoms with E-state index < -0.39 is 0 Å². The van der Waals surface area contributed by atoms with E-state index >= 15 is 0 Å². The summed E-state index contributed by atoms with van der Waals surface area (Å²) in [7, 11) is 1.62. The van der Waals surface area contributed by atoms with Crippen molar-refractivity contribution in [2.24, 2.45) is 0 Å². The van der Waals surface area contributed by atoms with Crippen LogP contribution in [0.5, 0.6) is 5.75 Å². The summed E-state index contributed by atoms with van der Waals surface area (Å²) >= 11 is 5.72. The van der Waals surface area contributed by atoms with Gasteiger partial charge in [0.05, 0.1) is 13.5 Å². The number of nitrogens with one attached hydrogen (secondary N) is 1. The molecule has 104 valence electrons. The predicted octanol–water partition coefficient (Wildman–Crippen LogP) is 3.62. The number of rotatable bonds is 5. The summed E-state index contributed by atoms with van der Waals surface area (Å²) in [4.78, 5) is 11.9. The molecule has 0 bridgehead atoms. The second-order valence-corrected chi connectivity index (χ2v) is 4.67. The van der Waals surface area contributed by atoms with Crippen LogP contribution < -0.4 is 10.1 Å². The van der Waals surface area contributed by atoms with E-state index in [1.165, 1.54) is 0 Å². The molecule has 2 rings (SSSR count). The van der Waals surface area contributed by atoms with Gasteiger partial charge in [-0.05, 0) is 35.4 Å². The molecule has 0 aliphatic rings. The number of methoxy groups -OCH3 is 1. The molecule has 0 aromatic heterocycles. The standard InChI is InChI=1S/C16H16ClNO2/c1-20-15-8-4-12(5-9-15)10-16(19)18-14-6-2-13(11-17)3-7-14/h2-9H,10-11H2,1H3,(H,18,19). The highest BCUT2D eigenvalue weighted by Crippen LogP contribution is 2.14. The molecule has 0 saturated heterocycles. The Bertz CT molecular complexity index is 513. The van der Waals surface area contributed by atoms with Crippen molar-refractivity contribution in [1.82, 2.24) is 0 Å². The molecule has 1 amide bonds. The summed E-state index contributed by atoms with van der Waals surface area (Å²) in [6, 6.07) is 15.0. The average Bonchev–Trinajstić information content (AvgIpc) is 2.49. The van der Waals surface area contributed by atoms with Gasteiger partial charge in [0.15, 0.2) is 0 Å². The van der Waals surface area contributed by atoms with E-state index in [1.807, 2.05) is 48.5 Å². The minimum absolute atomic E-state index is 0.0474. The highest BCUT2D eigenvalue weighted by molar-refractivity contribution is 6.17.